The lowest BCUT2D eigenvalue weighted by Crippen LogP contribution is -2.50. The van der Waals surface area contributed by atoms with E-state index < -0.39 is 17.3 Å². The van der Waals surface area contributed by atoms with E-state index in [1.165, 1.54) is 11.0 Å². The molecule has 0 radical (unpaired) electrons. The first-order valence-corrected chi connectivity index (χ1v) is 10.4. The first kappa shape index (κ1) is 23.6. The van der Waals surface area contributed by atoms with E-state index in [1.54, 1.807) is 6.07 Å². The summed E-state index contributed by atoms with van der Waals surface area (Å²) in [6.45, 7) is 7.75. The van der Waals surface area contributed by atoms with Gasteiger partial charge in [0.1, 0.15) is 0 Å². The Balaban J connectivity index is 1.74. The van der Waals surface area contributed by atoms with Gasteiger partial charge in [-0.3, -0.25) is 0 Å². The summed E-state index contributed by atoms with van der Waals surface area (Å²) in [4.78, 5) is 20.0. The van der Waals surface area contributed by atoms with Gasteiger partial charge in [0.25, 0.3) is 0 Å². The second kappa shape index (κ2) is 9.22. The summed E-state index contributed by atoms with van der Waals surface area (Å²) < 4.78 is 39.3. The van der Waals surface area contributed by atoms with Crippen molar-refractivity contribution in [2.24, 2.45) is 5.16 Å². The molecule has 1 aliphatic heterocycles. The van der Waals surface area contributed by atoms with Gasteiger partial charge in [-0.15, -0.1) is 0 Å². The zero-order chi connectivity index (χ0) is 23.5. The van der Waals surface area contributed by atoms with E-state index in [4.69, 9.17) is 4.84 Å². The smallest absolute Gasteiger partial charge is 0.390 e. The number of urea groups is 1. The van der Waals surface area contributed by atoms with Gasteiger partial charge in [-0.25, -0.2) is 4.79 Å². The standard InChI is InChI=1S/C24H28F3N3O2/c1-16-8-10-18(11-9-16)21-13-20(32-29-21)15-30(22(31)28-23(2,3)4)14-17-6-5-7-19(12-17)24(25,26)27/h5-12,20H,13-15H2,1-4H3,(H,28,31). The molecule has 1 heterocycles. The molecule has 1 atom stereocenters. The number of rotatable bonds is 5. The third-order valence-corrected chi connectivity index (χ3v) is 4.94. The molecular weight excluding hydrogens is 419 g/mol. The molecule has 0 aliphatic carbocycles. The molecule has 8 heteroatoms. The van der Waals surface area contributed by atoms with Crippen LogP contribution in [0.3, 0.4) is 0 Å². The van der Waals surface area contributed by atoms with Crippen molar-refractivity contribution in [2.45, 2.75) is 58.5 Å². The van der Waals surface area contributed by atoms with Crippen molar-refractivity contribution >= 4 is 11.7 Å². The van der Waals surface area contributed by atoms with Gasteiger partial charge < -0.3 is 15.1 Å². The van der Waals surface area contributed by atoms with Crippen LogP contribution < -0.4 is 5.32 Å². The van der Waals surface area contributed by atoms with Crippen molar-refractivity contribution in [3.63, 3.8) is 0 Å². The molecule has 2 aromatic rings. The molecule has 0 fully saturated rings. The highest BCUT2D eigenvalue weighted by Gasteiger charge is 2.32. The average Bonchev–Trinajstić information content (AvgIpc) is 3.15. The molecule has 172 valence electrons. The number of hydrogen-bond acceptors (Lipinski definition) is 3. The number of alkyl halides is 3. The normalized spacial score (nSPS) is 16.3. The Bertz CT molecular complexity index is 979. The molecule has 0 spiro atoms. The van der Waals surface area contributed by atoms with Gasteiger partial charge in [-0.1, -0.05) is 47.1 Å². The molecule has 0 saturated carbocycles. The molecular formula is C24H28F3N3O2. The Morgan fingerprint density at radius 1 is 1.16 bits per heavy atom. The highest BCUT2D eigenvalue weighted by Crippen LogP contribution is 2.30. The summed E-state index contributed by atoms with van der Waals surface area (Å²) in [7, 11) is 0. The Morgan fingerprint density at radius 3 is 2.47 bits per heavy atom. The van der Waals surface area contributed by atoms with Crippen LogP contribution in [-0.4, -0.2) is 34.8 Å². The van der Waals surface area contributed by atoms with Crippen molar-refractivity contribution in [2.75, 3.05) is 6.54 Å². The third kappa shape index (κ3) is 6.48. The third-order valence-electron chi connectivity index (χ3n) is 4.94. The Kier molecular flexibility index (Phi) is 6.81. The van der Waals surface area contributed by atoms with E-state index >= 15 is 0 Å². The molecule has 2 aromatic carbocycles. The maximum atomic E-state index is 13.1. The average molecular weight is 448 g/mol. The fourth-order valence-electron chi connectivity index (χ4n) is 3.37. The van der Waals surface area contributed by atoms with Crippen LogP contribution in [0.5, 0.6) is 0 Å². The lowest BCUT2D eigenvalue weighted by molar-refractivity contribution is -0.137. The van der Waals surface area contributed by atoms with Gasteiger partial charge in [0, 0.05) is 18.5 Å². The van der Waals surface area contributed by atoms with Gasteiger partial charge in [0.05, 0.1) is 17.8 Å². The largest absolute Gasteiger partial charge is 0.416 e. The fraction of sp³-hybridized carbons (Fsp3) is 0.417. The number of oxime groups is 1. The molecule has 3 rings (SSSR count). The summed E-state index contributed by atoms with van der Waals surface area (Å²) >= 11 is 0. The number of nitrogens with one attached hydrogen (secondary N) is 1. The Hall–Kier alpha value is -3.03. The van der Waals surface area contributed by atoms with E-state index in [1.807, 2.05) is 52.0 Å². The maximum absolute atomic E-state index is 13.1. The van der Waals surface area contributed by atoms with Crippen molar-refractivity contribution in [1.29, 1.82) is 0 Å². The summed E-state index contributed by atoms with van der Waals surface area (Å²) in [6.07, 6.45) is -4.33. The first-order chi connectivity index (χ1) is 14.9. The molecule has 2 amide bonds. The van der Waals surface area contributed by atoms with E-state index in [0.29, 0.717) is 12.0 Å². The molecule has 0 saturated heterocycles. The SMILES string of the molecule is Cc1ccc(C2=NOC(CN(Cc3cccc(C(F)(F)F)c3)C(=O)NC(C)(C)C)C2)cc1. The second-order valence-electron chi connectivity index (χ2n) is 9.09. The van der Waals surface area contributed by atoms with E-state index in [-0.39, 0.29) is 25.2 Å². The molecule has 0 aromatic heterocycles. The number of aryl methyl sites for hydroxylation is 1. The highest BCUT2D eigenvalue weighted by atomic mass is 19.4. The van der Waals surface area contributed by atoms with E-state index in [2.05, 4.69) is 10.5 Å². The number of carbonyl (C=O) groups excluding carboxylic acids is 1. The minimum absolute atomic E-state index is 0.0194. The number of amides is 2. The topological polar surface area (TPSA) is 53.9 Å². The maximum Gasteiger partial charge on any atom is 0.416 e. The van der Waals surface area contributed by atoms with Crippen molar-refractivity contribution in [3.8, 4) is 0 Å². The summed E-state index contributed by atoms with van der Waals surface area (Å²) in [5.74, 6) is 0. The van der Waals surface area contributed by atoms with E-state index in [9.17, 15) is 18.0 Å². The number of hydrogen-bond donors (Lipinski definition) is 1. The predicted molar refractivity (Wildman–Crippen MR) is 117 cm³/mol. The highest BCUT2D eigenvalue weighted by molar-refractivity contribution is 6.01. The zero-order valence-electron chi connectivity index (χ0n) is 18.7. The van der Waals surface area contributed by atoms with Crippen LogP contribution in [0, 0.1) is 6.92 Å². The zero-order valence-corrected chi connectivity index (χ0v) is 18.7. The minimum Gasteiger partial charge on any atom is -0.390 e. The van der Waals surface area contributed by atoms with Gasteiger partial charge in [-0.2, -0.15) is 13.2 Å². The van der Waals surface area contributed by atoms with Gasteiger partial charge in [0.15, 0.2) is 6.10 Å². The second-order valence-corrected chi connectivity index (χ2v) is 9.09. The molecule has 32 heavy (non-hydrogen) atoms. The first-order valence-electron chi connectivity index (χ1n) is 10.4. The van der Waals surface area contributed by atoms with Crippen molar-refractivity contribution < 1.29 is 22.8 Å². The lowest BCUT2D eigenvalue weighted by Gasteiger charge is -2.30. The van der Waals surface area contributed by atoms with Crippen LogP contribution in [0.1, 0.15) is 49.4 Å². The van der Waals surface area contributed by atoms with Crippen LogP contribution in [0.2, 0.25) is 0 Å². The van der Waals surface area contributed by atoms with Crippen LogP contribution in [0.4, 0.5) is 18.0 Å². The van der Waals surface area contributed by atoms with Crippen molar-refractivity contribution in [3.05, 3.63) is 70.8 Å². The number of carbonyl (C=O) groups is 1. The van der Waals surface area contributed by atoms with Gasteiger partial charge in [-0.05, 0) is 51.0 Å². The molecule has 1 aliphatic rings. The molecule has 1 unspecified atom stereocenters. The minimum atomic E-state index is -4.44. The monoisotopic (exact) mass is 447 g/mol. The van der Waals surface area contributed by atoms with Crippen LogP contribution in [-0.2, 0) is 17.6 Å². The van der Waals surface area contributed by atoms with E-state index in [0.717, 1.165) is 29.0 Å². The van der Waals surface area contributed by atoms with Crippen molar-refractivity contribution in [1.82, 2.24) is 10.2 Å². The number of halogens is 3. The predicted octanol–water partition coefficient (Wildman–Crippen LogP) is 5.52. The fourth-order valence-corrected chi connectivity index (χ4v) is 3.37. The number of benzene rings is 2. The molecule has 1 N–H and O–H groups in total. The molecule has 0 bridgehead atoms. The Morgan fingerprint density at radius 2 is 1.84 bits per heavy atom. The summed E-state index contributed by atoms with van der Waals surface area (Å²) in [6, 6.07) is 12.6. The quantitative estimate of drug-likeness (QED) is 0.657. The van der Waals surface area contributed by atoms with Crippen LogP contribution in [0.25, 0.3) is 0 Å². The summed E-state index contributed by atoms with van der Waals surface area (Å²) in [5, 5.41) is 7.05. The van der Waals surface area contributed by atoms with Crippen LogP contribution in [0.15, 0.2) is 53.7 Å². The summed E-state index contributed by atoms with van der Waals surface area (Å²) in [5.41, 5.74) is 2.01. The van der Waals surface area contributed by atoms with Crippen LogP contribution >= 0.6 is 0 Å². The van der Waals surface area contributed by atoms with Gasteiger partial charge in [0.2, 0.25) is 0 Å². The molecule has 5 nitrogen and oxygen atoms in total. The Labute approximate surface area is 186 Å². The van der Waals surface area contributed by atoms with Gasteiger partial charge >= 0.3 is 12.2 Å². The number of nitrogens with zero attached hydrogens (tertiary/aromatic N) is 2. The lowest BCUT2D eigenvalue weighted by atomic mass is 10.0.